The second-order valence-electron chi connectivity index (χ2n) is 6.88. The van der Waals surface area contributed by atoms with Gasteiger partial charge in [0.25, 0.3) is 0 Å². The van der Waals surface area contributed by atoms with E-state index in [1.807, 2.05) is 24.3 Å². The largest absolute Gasteiger partial charge is 0.497 e. The maximum atomic E-state index is 6.08. The number of hydrogen-bond donors (Lipinski definition) is 2. The Kier molecular flexibility index (Phi) is 8.29. The van der Waals surface area contributed by atoms with Gasteiger partial charge in [0.15, 0.2) is 5.96 Å². The molecular formula is C18H31IN4O. The molecule has 3 N–H and O–H groups in total. The highest BCUT2D eigenvalue weighted by molar-refractivity contribution is 14.0. The molecule has 0 aromatic heterocycles. The maximum Gasteiger partial charge on any atom is 0.193 e. The molecule has 6 heteroatoms. The van der Waals surface area contributed by atoms with E-state index >= 15 is 0 Å². The van der Waals surface area contributed by atoms with Crippen LogP contribution in [0.4, 0.5) is 5.69 Å². The zero-order chi connectivity index (χ0) is 16.9. The molecule has 0 spiro atoms. The summed E-state index contributed by atoms with van der Waals surface area (Å²) in [6.07, 6.45) is 4.95. The number of guanidine groups is 1. The molecule has 5 nitrogen and oxygen atoms in total. The molecule has 0 aliphatic heterocycles. The number of halogens is 1. The SMILES string of the molecule is COc1ccc(NC(N)=NCC2(N(C)C)CCCC(C)C2)cc1.I. The highest BCUT2D eigenvalue weighted by Gasteiger charge is 2.36. The van der Waals surface area contributed by atoms with Crippen molar-refractivity contribution in [1.29, 1.82) is 0 Å². The Morgan fingerprint density at radius 3 is 2.58 bits per heavy atom. The van der Waals surface area contributed by atoms with Gasteiger partial charge in [0, 0.05) is 11.2 Å². The van der Waals surface area contributed by atoms with Crippen molar-refractivity contribution in [3.63, 3.8) is 0 Å². The maximum absolute atomic E-state index is 6.08. The number of ether oxygens (including phenoxy) is 1. The normalized spacial score (nSPS) is 24.4. The first-order valence-electron chi connectivity index (χ1n) is 8.33. The van der Waals surface area contributed by atoms with Crippen molar-refractivity contribution in [2.24, 2.45) is 16.6 Å². The molecule has 1 aromatic carbocycles. The zero-order valence-corrected chi connectivity index (χ0v) is 17.5. The summed E-state index contributed by atoms with van der Waals surface area (Å²) in [7, 11) is 5.96. The molecule has 1 aliphatic rings. The van der Waals surface area contributed by atoms with Crippen molar-refractivity contribution >= 4 is 35.6 Å². The van der Waals surface area contributed by atoms with Crippen molar-refractivity contribution in [3.05, 3.63) is 24.3 Å². The van der Waals surface area contributed by atoms with Crippen LogP contribution in [0.25, 0.3) is 0 Å². The fraction of sp³-hybridized carbons (Fsp3) is 0.611. The van der Waals surface area contributed by atoms with E-state index in [-0.39, 0.29) is 29.5 Å². The van der Waals surface area contributed by atoms with Gasteiger partial charge >= 0.3 is 0 Å². The number of benzene rings is 1. The summed E-state index contributed by atoms with van der Waals surface area (Å²) in [4.78, 5) is 6.95. The summed E-state index contributed by atoms with van der Waals surface area (Å²) in [5, 5.41) is 3.15. The van der Waals surface area contributed by atoms with Crippen LogP contribution in [0.1, 0.15) is 32.6 Å². The summed E-state index contributed by atoms with van der Waals surface area (Å²) in [6.45, 7) is 3.07. The van der Waals surface area contributed by atoms with Crippen LogP contribution in [0.5, 0.6) is 5.75 Å². The van der Waals surface area contributed by atoms with E-state index in [0.29, 0.717) is 5.96 Å². The van der Waals surface area contributed by atoms with E-state index in [0.717, 1.165) is 23.9 Å². The smallest absolute Gasteiger partial charge is 0.193 e. The molecule has 1 saturated carbocycles. The number of nitrogens with one attached hydrogen (secondary N) is 1. The van der Waals surface area contributed by atoms with Crippen molar-refractivity contribution < 1.29 is 4.74 Å². The van der Waals surface area contributed by atoms with E-state index in [1.165, 1.54) is 25.7 Å². The minimum absolute atomic E-state index is 0. The van der Waals surface area contributed by atoms with E-state index < -0.39 is 0 Å². The number of nitrogens with two attached hydrogens (primary N) is 1. The van der Waals surface area contributed by atoms with Gasteiger partial charge in [0.05, 0.1) is 13.7 Å². The van der Waals surface area contributed by atoms with Crippen LogP contribution in [0.2, 0.25) is 0 Å². The number of anilines is 1. The summed E-state index contributed by atoms with van der Waals surface area (Å²) in [5.41, 5.74) is 7.12. The highest BCUT2D eigenvalue weighted by atomic mass is 127. The molecule has 2 atom stereocenters. The van der Waals surface area contributed by atoms with Gasteiger partial charge in [-0.15, -0.1) is 24.0 Å². The first kappa shape index (κ1) is 21.0. The number of rotatable bonds is 5. The molecule has 1 aliphatic carbocycles. The number of nitrogens with zero attached hydrogens (tertiary/aromatic N) is 2. The Morgan fingerprint density at radius 1 is 1.38 bits per heavy atom. The molecule has 0 saturated heterocycles. The predicted molar refractivity (Wildman–Crippen MR) is 113 cm³/mol. The summed E-state index contributed by atoms with van der Waals surface area (Å²) >= 11 is 0. The number of aliphatic imine (C=N–C) groups is 1. The fourth-order valence-electron chi connectivity index (χ4n) is 3.42. The molecule has 0 amide bonds. The monoisotopic (exact) mass is 446 g/mol. The van der Waals surface area contributed by atoms with Gasteiger partial charge in [-0.25, -0.2) is 0 Å². The Bertz CT molecular complexity index is 532. The molecule has 24 heavy (non-hydrogen) atoms. The van der Waals surface area contributed by atoms with Crippen LogP contribution in [0.15, 0.2) is 29.3 Å². The fourth-order valence-corrected chi connectivity index (χ4v) is 3.42. The van der Waals surface area contributed by atoms with Gasteiger partial charge in [0.2, 0.25) is 0 Å². The molecule has 0 radical (unpaired) electrons. The van der Waals surface area contributed by atoms with E-state index in [2.05, 4.69) is 36.2 Å². The van der Waals surface area contributed by atoms with E-state index in [1.54, 1.807) is 7.11 Å². The lowest BCUT2D eigenvalue weighted by molar-refractivity contribution is 0.0846. The molecule has 2 rings (SSSR count). The van der Waals surface area contributed by atoms with E-state index in [9.17, 15) is 0 Å². The lowest BCUT2D eigenvalue weighted by Gasteiger charge is -2.44. The van der Waals surface area contributed by atoms with Crippen molar-refractivity contribution in [3.8, 4) is 5.75 Å². The second kappa shape index (κ2) is 9.46. The highest BCUT2D eigenvalue weighted by Crippen LogP contribution is 2.35. The summed E-state index contributed by atoms with van der Waals surface area (Å²) in [6, 6.07) is 7.68. The standard InChI is InChI=1S/C18H30N4O.HI/c1-14-6-5-11-18(12-14,22(2)3)13-20-17(19)21-15-7-9-16(23-4)10-8-15;/h7-10,14H,5-6,11-13H2,1-4H3,(H3,19,20,21);1H. The molecule has 0 heterocycles. The first-order chi connectivity index (χ1) is 10.9. The molecule has 2 unspecified atom stereocenters. The van der Waals surface area contributed by atoms with Gasteiger partial charge in [0.1, 0.15) is 5.75 Å². The average molecular weight is 446 g/mol. The Balaban J connectivity index is 0.00000288. The van der Waals surface area contributed by atoms with Crippen molar-refractivity contribution in [1.82, 2.24) is 4.90 Å². The van der Waals surface area contributed by atoms with Gasteiger partial charge in [-0.1, -0.05) is 19.8 Å². The third-order valence-corrected chi connectivity index (χ3v) is 4.92. The van der Waals surface area contributed by atoms with Gasteiger partial charge < -0.3 is 20.7 Å². The zero-order valence-electron chi connectivity index (χ0n) is 15.2. The van der Waals surface area contributed by atoms with Gasteiger partial charge in [-0.05, 0) is 57.1 Å². The topological polar surface area (TPSA) is 62.9 Å². The summed E-state index contributed by atoms with van der Waals surface area (Å²) < 4.78 is 5.16. The van der Waals surface area contributed by atoms with Gasteiger partial charge in [-0.3, -0.25) is 4.99 Å². The van der Waals surface area contributed by atoms with Crippen molar-refractivity contribution in [2.45, 2.75) is 38.1 Å². The van der Waals surface area contributed by atoms with Crippen LogP contribution >= 0.6 is 24.0 Å². The molecule has 136 valence electrons. The minimum atomic E-state index is 0. The lowest BCUT2D eigenvalue weighted by Crippen LogP contribution is -2.50. The van der Waals surface area contributed by atoms with Crippen LogP contribution in [-0.4, -0.2) is 44.1 Å². The van der Waals surface area contributed by atoms with Gasteiger partial charge in [-0.2, -0.15) is 0 Å². The number of hydrogen-bond acceptors (Lipinski definition) is 3. The molecule has 1 aromatic rings. The Labute approximate surface area is 163 Å². The third kappa shape index (κ3) is 5.51. The molecule has 0 bridgehead atoms. The lowest BCUT2D eigenvalue weighted by atomic mass is 9.75. The molecular weight excluding hydrogens is 415 g/mol. The summed E-state index contributed by atoms with van der Waals surface area (Å²) in [5.74, 6) is 2.04. The quantitative estimate of drug-likeness (QED) is 0.413. The average Bonchev–Trinajstić information content (AvgIpc) is 2.53. The third-order valence-electron chi connectivity index (χ3n) is 4.92. The first-order valence-corrected chi connectivity index (χ1v) is 8.33. The predicted octanol–water partition coefficient (Wildman–Crippen LogP) is 3.55. The van der Waals surface area contributed by atoms with Crippen molar-refractivity contribution in [2.75, 3.05) is 33.1 Å². The number of likely N-dealkylation sites (N-methyl/N-ethyl adjacent to an activating group) is 1. The second-order valence-corrected chi connectivity index (χ2v) is 6.88. The Morgan fingerprint density at radius 2 is 2.04 bits per heavy atom. The van der Waals surface area contributed by atoms with Crippen LogP contribution in [0.3, 0.4) is 0 Å². The van der Waals surface area contributed by atoms with Crippen LogP contribution in [-0.2, 0) is 0 Å². The number of methoxy groups -OCH3 is 1. The van der Waals surface area contributed by atoms with Crippen LogP contribution in [0, 0.1) is 5.92 Å². The van der Waals surface area contributed by atoms with E-state index in [4.69, 9.17) is 10.5 Å². The minimum Gasteiger partial charge on any atom is -0.497 e. The Hall–Kier alpha value is -1.02. The van der Waals surface area contributed by atoms with Crippen LogP contribution < -0.4 is 15.8 Å². The molecule has 1 fully saturated rings.